The standard InChI is InChI=1S/C16H20BrNO3/c1-8-4-12(13(5-8)16(20)21)15(19)18-11-6-9(2)14(17)10(3)7-11/h6-8,12-13H,4-5H2,1-3H3,(H,18,19)(H,20,21). The van der Waals surface area contributed by atoms with Gasteiger partial charge in [-0.05, 0) is 55.9 Å². The number of aliphatic carboxylic acids is 1. The summed E-state index contributed by atoms with van der Waals surface area (Å²) < 4.78 is 1.03. The molecule has 0 heterocycles. The zero-order valence-electron chi connectivity index (χ0n) is 12.4. The Labute approximate surface area is 133 Å². The third-order valence-electron chi connectivity index (χ3n) is 4.16. The Kier molecular flexibility index (Phi) is 4.71. The van der Waals surface area contributed by atoms with Crippen LogP contribution in [0.2, 0.25) is 0 Å². The maximum atomic E-state index is 12.4. The van der Waals surface area contributed by atoms with Gasteiger partial charge in [-0.3, -0.25) is 9.59 Å². The van der Waals surface area contributed by atoms with Crippen LogP contribution in [0.3, 0.4) is 0 Å². The molecule has 1 aromatic rings. The number of amides is 1. The SMILES string of the molecule is Cc1cc(NC(=O)C2CC(C)CC2C(=O)O)cc(C)c1Br. The summed E-state index contributed by atoms with van der Waals surface area (Å²) in [5, 5.41) is 12.1. The highest BCUT2D eigenvalue weighted by atomic mass is 79.9. The Morgan fingerprint density at radius 2 is 1.71 bits per heavy atom. The van der Waals surface area contributed by atoms with E-state index in [2.05, 4.69) is 21.2 Å². The number of hydrogen-bond donors (Lipinski definition) is 2. The summed E-state index contributed by atoms with van der Waals surface area (Å²) in [7, 11) is 0. The van der Waals surface area contributed by atoms with Gasteiger partial charge < -0.3 is 10.4 Å². The van der Waals surface area contributed by atoms with Gasteiger partial charge in [0.1, 0.15) is 0 Å². The lowest BCUT2D eigenvalue weighted by Crippen LogP contribution is -2.30. The quantitative estimate of drug-likeness (QED) is 0.869. The van der Waals surface area contributed by atoms with E-state index < -0.39 is 17.8 Å². The number of nitrogens with one attached hydrogen (secondary N) is 1. The van der Waals surface area contributed by atoms with E-state index in [1.165, 1.54) is 0 Å². The lowest BCUT2D eigenvalue weighted by molar-refractivity contribution is -0.145. The Morgan fingerprint density at radius 3 is 2.24 bits per heavy atom. The topological polar surface area (TPSA) is 66.4 Å². The minimum atomic E-state index is -0.873. The van der Waals surface area contributed by atoms with Gasteiger partial charge in [0.25, 0.3) is 0 Å². The first-order valence-corrected chi connectivity index (χ1v) is 7.89. The van der Waals surface area contributed by atoms with Crippen LogP contribution in [-0.2, 0) is 9.59 Å². The average molecular weight is 354 g/mol. The summed E-state index contributed by atoms with van der Waals surface area (Å²) in [6.45, 7) is 5.92. The molecule has 1 saturated carbocycles. The number of anilines is 1. The van der Waals surface area contributed by atoms with Crippen LogP contribution in [0.25, 0.3) is 0 Å². The van der Waals surface area contributed by atoms with E-state index in [0.717, 1.165) is 21.3 Å². The minimum Gasteiger partial charge on any atom is -0.481 e. The number of hydrogen-bond acceptors (Lipinski definition) is 2. The van der Waals surface area contributed by atoms with Gasteiger partial charge in [0.2, 0.25) is 5.91 Å². The Hall–Kier alpha value is -1.36. The van der Waals surface area contributed by atoms with E-state index >= 15 is 0 Å². The predicted molar refractivity (Wildman–Crippen MR) is 85.3 cm³/mol. The Balaban J connectivity index is 2.16. The smallest absolute Gasteiger partial charge is 0.307 e. The van der Waals surface area contributed by atoms with Gasteiger partial charge in [0, 0.05) is 10.2 Å². The molecule has 114 valence electrons. The van der Waals surface area contributed by atoms with E-state index in [1.54, 1.807) is 0 Å². The fourth-order valence-corrected chi connectivity index (χ4v) is 3.34. The molecule has 0 spiro atoms. The molecule has 3 atom stereocenters. The van der Waals surface area contributed by atoms with E-state index in [-0.39, 0.29) is 11.8 Å². The third kappa shape index (κ3) is 3.46. The van der Waals surface area contributed by atoms with Crippen molar-refractivity contribution in [1.29, 1.82) is 0 Å². The second-order valence-electron chi connectivity index (χ2n) is 6.04. The monoisotopic (exact) mass is 353 g/mol. The number of benzene rings is 1. The summed E-state index contributed by atoms with van der Waals surface area (Å²) >= 11 is 3.49. The summed E-state index contributed by atoms with van der Waals surface area (Å²) in [6, 6.07) is 3.78. The molecule has 0 aromatic heterocycles. The number of carboxylic acids is 1. The number of carboxylic acid groups (broad SMARTS) is 1. The fraction of sp³-hybridized carbons (Fsp3) is 0.500. The maximum Gasteiger partial charge on any atom is 0.307 e. The first kappa shape index (κ1) is 16.0. The molecule has 1 aliphatic carbocycles. The van der Waals surface area contributed by atoms with Crippen LogP contribution in [0, 0.1) is 31.6 Å². The molecule has 1 aromatic carbocycles. The van der Waals surface area contributed by atoms with Crippen molar-refractivity contribution >= 4 is 33.5 Å². The van der Waals surface area contributed by atoms with Gasteiger partial charge in [-0.1, -0.05) is 22.9 Å². The Bertz CT molecular complexity index is 562. The predicted octanol–water partition coefficient (Wildman–Crippen LogP) is 3.75. The van der Waals surface area contributed by atoms with Crippen LogP contribution in [-0.4, -0.2) is 17.0 Å². The third-order valence-corrected chi connectivity index (χ3v) is 5.41. The molecule has 4 nitrogen and oxygen atoms in total. The van der Waals surface area contributed by atoms with Crippen LogP contribution in [0.15, 0.2) is 16.6 Å². The molecule has 1 fully saturated rings. The maximum absolute atomic E-state index is 12.4. The highest BCUT2D eigenvalue weighted by molar-refractivity contribution is 9.10. The normalized spacial score (nSPS) is 24.9. The van der Waals surface area contributed by atoms with E-state index in [4.69, 9.17) is 0 Å². The van der Waals surface area contributed by atoms with Gasteiger partial charge in [-0.2, -0.15) is 0 Å². The minimum absolute atomic E-state index is 0.187. The van der Waals surface area contributed by atoms with Gasteiger partial charge in [0.05, 0.1) is 11.8 Å². The lowest BCUT2D eigenvalue weighted by Gasteiger charge is -2.16. The molecule has 0 radical (unpaired) electrons. The van der Waals surface area contributed by atoms with E-state index in [0.29, 0.717) is 12.8 Å². The van der Waals surface area contributed by atoms with Gasteiger partial charge in [-0.25, -0.2) is 0 Å². The molecule has 0 aliphatic heterocycles. The van der Waals surface area contributed by atoms with Gasteiger partial charge in [0.15, 0.2) is 0 Å². The summed E-state index contributed by atoms with van der Waals surface area (Å²) in [6.07, 6.45) is 1.21. The molecular formula is C16H20BrNO3. The molecule has 2 rings (SSSR count). The highest BCUT2D eigenvalue weighted by Crippen LogP contribution is 2.37. The van der Waals surface area contributed by atoms with Crippen LogP contribution < -0.4 is 5.32 Å². The Morgan fingerprint density at radius 1 is 1.19 bits per heavy atom. The van der Waals surface area contributed by atoms with Crippen LogP contribution in [0.1, 0.15) is 30.9 Å². The van der Waals surface area contributed by atoms with Crippen molar-refractivity contribution in [3.05, 3.63) is 27.7 Å². The largest absolute Gasteiger partial charge is 0.481 e. The highest BCUT2D eigenvalue weighted by Gasteiger charge is 2.41. The zero-order valence-corrected chi connectivity index (χ0v) is 14.0. The number of carbonyl (C=O) groups is 2. The van der Waals surface area contributed by atoms with Crippen LogP contribution in [0.5, 0.6) is 0 Å². The first-order valence-electron chi connectivity index (χ1n) is 7.10. The van der Waals surface area contributed by atoms with Crippen molar-refractivity contribution in [2.75, 3.05) is 5.32 Å². The first-order chi connectivity index (χ1) is 9.79. The van der Waals surface area contributed by atoms with Gasteiger partial charge in [-0.15, -0.1) is 0 Å². The number of rotatable bonds is 3. The molecule has 5 heteroatoms. The second kappa shape index (κ2) is 6.18. The fourth-order valence-electron chi connectivity index (χ4n) is 3.11. The second-order valence-corrected chi connectivity index (χ2v) is 6.83. The molecule has 1 aliphatic rings. The summed E-state index contributed by atoms with van der Waals surface area (Å²) in [5.74, 6) is -1.80. The lowest BCUT2D eigenvalue weighted by atomic mass is 9.95. The molecule has 21 heavy (non-hydrogen) atoms. The molecular weight excluding hydrogens is 334 g/mol. The zero-order chi connectivity index (χ0) is 15.7. The molecule has 3 unspecified atom stereocenters. The van der Waals surface area contributed by atoms with Crippen molar-refractivity contribution < 1.29 is 14.7 Å². The molecule has 2 N–H and O–H groups in total. The van der Waals surface area contributed by atoms with Crippen molar-refractivity contribution in [2.24, 2.45) is 17.8 Å². The number of aryl methyl sites for hydroxylation is 2. The van der Waals surface area contributed by atoms with Crippen molar-refractivity contribution in [1.82, 2.24) is 0 Å². The number of carbonyl (C=O) groups excluding carboxylic acids is 1. The van der Waals surface area contributed by atoms with Crippen molar-refractivity contribution in [3.8, 4) is 0 Å². The summed E-state index contributed by atoms with van der Waals surface area (Å²) in [5.41, 5.74) is 2.81. The van der Waals surface area contributed by atoms with Crippen LogP contribution >= 0.6 is 15.9 Å². The van der Waals surface area contributed by atoms with Gasteiger partial charge >= 0.3 is 5.97 Å². The van der Waals surface area contributed by atoms with Crippen LogP contribution in [0.4, 0.5) is 5.69 Å². The molecule has 0 bridgehead atoms. The van der Waals surface area contributed by atoms with Crippen molar-refractivity contribution in [2.45, 2.75) is 33.6 Å². The molecule has 1 amide bonds. The van der Waals surface area contributed by atoms with E-state index in [1.807, 2.05) is 32.9 Å². The number of halogens is 1. The summed E-state index contributed by atoms with van der Waals surface area (Å²) in [4.78, 5) is 23.7. The van der Waals surface area contributed by atoms with Crippen molar-refractivity contribution in [3.63, 3.8) is 0 Å². The van der Waals surface area contributed by atoms with E-state index in [9.17, 15) is 14.7 Å². The average Bonchev–Trinajstić information content (AvgIpc) is 2.78. The molecule has 0 saturated heterocycles.